The molecule has 2 atom stereocenters. The van der Waals surface area contributed by atoms with Crippen LogP contribution in [0.15, 0.2) is 0 Å². The first-order valence-electron chi connectivity index (χ1n) is 5.88. The van der Waals surface area contributed by atoms with E-state index in [1.54, 1.807) is 18.7 Å². The summed E-state index contributed by atoms with van der Waals surface area (Å²) in [5, 5.41) is 15.3. The number of nitro groups is 1. The van der Waals surface area contributed by atoms with Crippen molar-refractivity contribution in [2.45, 2.75) is 33.2 Å². The average molecular weight is 238 g/mol. The minimum Gasteiger partial charge on any atom is -0.348 e. The lowest BCUT2D eigenvalue weighted by Crippen LogP contribution is -2.31. The molecule has 94 valence electrons. The Labute approximate surface area is 100 Å². The molecule has 2 rings (SSSR count). The second kappa shape index (κ2) is 4.01. The molecule has 1 aliphatic heterocycles. The number of hydrogen-bond acceptors (Lipinski definition) is 4. The van der Waals surface area contributed by atoms with Crippen LogP contribution in [0.4, 0.5) is 11.5 Å². The quantitative estimate of drug-likeness (QED) is 0.583. The minimum atomic E-state index is -0.326. The topological polar surface area (TPSA) is 64.2 Å². The normalized spacial score (nSPS) is 24.4. The van der Waals surface area contributed by atoms with E-state index < -0.39 is 0 Å². The Hall–Kier alpha value is -1.59. The van der Waals surface area contributed by atoms with Gasteiger partial charge in [0.1, 0.15) is 5.69 Å². The molecule has 0 saturated carbocycles. The van der Waals surface area contributed by atoms with Crippen LogP contribution in [0.25, 0.3) is 0 Å². The van der Waals surface area contributed by atoms with Gasteiger partial charge in [0, 0.05) is 19.6 Å². The zero-order chi connectivity index (χ0) is 12.7. The molecule has 0 radical (unpaired) electrons. The van der Waals surface area contributed by atoms with Crippen molar-refractivity contribution in [3.8, 4) is 0 Å². The van der Waals surface area contributed by atoms with Gasteiger partial charge in [0.2, 0.25) is 5.82 Å². The van der Waals surface area contributed by atoms with Crippen LogP contribution in [0.3, 0.4) is 0 Å². The molecule has 0 aliphatic carbocycles. The van der Waals surface area contributed by atoms with Gasteiger partial charge in [-0.1, -0.05) is 6.92 Å². The maximum atomic E-state index is 11.1. The van der Waals surface area contributed by atoms with Crippen LogP contribution in [0.2, 0.25) is 0 Å². The number of aromatic nitrogens is 2. The molecule has 1 aromatic rings. The van der Waals surface area contributed by atoms with E-state index in [4.69, 9.17) is 0 Å². The lowest BCUT2D eigenvalue weighted by molar-refractivity contribution is -0.384. The standard InChI is InChI=1S/C11H18N4O2/c1-7-5-6-14(9(7)3)11-10(15(16)17)8(2)12-13(11)4/h7,9H,5-6H2,1-4H3. The second-order valence-electron chi connectivity index (χ2n) is 4.84. The van der Waals surface area contributed by atoms with Gasteiger partial charge in [0.15, 0.2) is 0 Å². The predicted octanol–water partition coefficient (Wildman–Crippen LogP) is 1.87. The molecular formula is C11H18N4O2. The van der Waals surface area contributed by atoms with E-state index in [2.05, 4.69) is 23.8 Å². The molecule has 0 N–H and O–H groups in total. The van der Waals surface area contributed by atoms with Crippen LogP contribution >= 0.6 is 0 Å². The second-order valence-corrected chi connectivity index (χ2v) is 4.84. The molecule has 1 aliphatic rings. The average Bonchev–Trinajstić information content (AvgIpc) is 2.69. The number of hydrogen-bond donors (Lipinski definition) is 0. The molecule has 0 amide bonds. The Balaban J connectivity index is 2.48. The molecule has 1 fully saturated rings. The first-order chi connectivity index (χ1) is 7.93. The van der Waals surface area contributed by atoms with Crippen molar-refractivity contribution < 1.29 is 4.92 Å². The van der Waals surface area contributed by atoms with Crippen molar-refractivity contribution in [1.82, 2.24) is 9.78 Å². The summed E-state index contributed by atoms with van der Waals surface area (Å²) in [6.07, 6.45) is 1.07. The van der Waals surface area contributed by atoms with E-state index in [-0.39, 0.29) is 10.6 Å². The smallest absolute Gasteiger partial charge is 0.333 e. The monoisotopic (exact) mass is 238 g/mol. The molecule has 6 nitrogen and oxygen atoms in total. The van der Waals surface area contributed by atoms with Crippen molar-refractivity contribution in [3.63, 3.8) is 0 Å². The molecule has 0 spiro atoms. The highest BCUT2D eigenvalue weighted by atomic mass is 16.6. The Bertz CT molecular complexity index is 455. The number of anilines is 1. The van der Waals surface area contributed by atoms with Crippen molar-refractivity contribution in [2.75, 3.05) is 11.4 Å². The summed E-state index contributed by atoms with van der Waals surface area (Å²) in [4.78, 5) is 12.9. The first-order valence-corrected chi connectivity index (χ1v) is 5.88. The fraction of sp³-hybridized carbons (Fsp3) is 0.727. The first kappa shape index (κ1) is 11.9. The van der Waals surface area contributed by atoms with Crippen molar-refractivity contribution in [2.24, 2.45) is 13.0 Å². The molecule has 0 aromatic carbocycles. The van der Waals surface area contributed by atoms with E-state index in [0.29, 0.717) is 23.5 Å². The summed E-state index contributed by atoms with van der Waals surface area (Å²) < 4.78 is 1.63. The summed E-state index contributed by atoms with van der Waals surface area (Å²) in [5.41, 5.74) is 0.632. The molecule has 0 bridgehead atoms. The SMILES string of the molecule is Cc1nn(C)c(N2CCC(C)C2C)c1[N+](=O)[O-]. The molecule has 6 heteroatoms. The fourth-order valence-corrected chi connectivity index (χ4v) is 2.56. The van der Waals surface area contributed by atoms with Gasteiger partial charge in [-0.25, -0.2) is 4.68 Å². The van der Waals surface area contributed by atoms with Crippen LogP contribution in [0.1, 0.15) is 26.0 Å². The molecule has 1 aromatic heterocycles. The van der Waals surface area contributed by atoms with Gasteiger partial charge in [-0.2, -0.15) is 5.10 Å². The zero-order valence-electron chi connectivity index (χ0n) is 10.7. The van der Waals surface area contributed by atoms with Gasteiger partial charge in [-0.15, -0.1) is 0 Å². The maximum absolute atomic E-state index is 11.1. The molecule has 17 heavy (non-hydrogen) atoms. The Morgan fingerprint density at radius 2 is 2.12 bits per heavy atom. The lowest BCUT2D eigenvalue weighted by Gasteiger charge is -2.24. The molecular weight excluding hydrogens is 220 g/mol. The third kappa shape index (κ3) is 1.77. The number of nitrogens with zero attached hydrogens (tertiary/aromatic N) is 4. The highest BCUT2D eigenvalue weighted by Crippen LogP contribution is 2.36. The lowest BCUT2D eigenvalue weighted by atomic mass is 10.1. The van der Waals surface area contributed by atoms with Gasteiger partial charge in [0.05, 0.1) is 4.92 Å². The highest BCUT2D eigenvalue weighted by molar-refractivity contribution is 5.62. The van der Waals surface area contributed by atoms with E-state index >= 15 is 0 Å². The summed E-state index contributed by atoms with van der Waals surface area (Å²) in [6, 6.07) is 0.323. The largest absolute Gasteiger partial charge is 0.348 e. The summed E-state index contributed by atoms with van der Waals surface area (Å²) in [6.45, 7) is 6.84. The third-order valence-corrected chi connectivity index (χ3v) is 3.76. The van der Waals surface area contributed by atoms with Gasteiger partial charge >= 0.3 is 5.69 Å². The highest BCUT2D eigenvalue weighted by Gasteiger charge is 2.35. The van der Waals surface area contributed by atoms with Gasteiger partial charge in [-0.3, -0.25) is 10.1 Å². The van der Waals surface area contributed by atoms with Crippen LogP contribution in [0.5, 0.6) is 0 Å². The van der Waals surface area contributed by atoms with Crippen molar-refractivity contribution >= 4 is 11.5 Å². The van der Waals surface area contributed by atoms with E-state index in [1.807, 2.05) is 0 Å². The number of aryl methyl sites for hydroxylation is 2. The molecule has 2 unspecified atom stereocenters. The Morgan fingerprint density at radius 3 is 2.59 bits per heavy atom. The summed E-state index contributed by atoms with van der Waals surface area (Å²) in [5.74, 6) is 1.20. The molecule has 1 saturated heterocycles. The van der Waals surface area contributed by atoms with Crippen LogP contribution in [0, 0.1) is 23.0 Å². The van der Waals surface area contributed by atoms with Crippen molar-refractivity contribution in [3.05, 3.63) is 15.8 Å². The van der Waals surface area contributed by atoms with Gasteiger partial charge in [0.25, 0.3) is 0 Å². The van der Waals surface area contributed by atoms with E-state index in [1.165, 1.54) is 0 Å². The van der Waals surface area contributed by atoms with Gasteiger partial charge < -0.3 is 4.90 Å². The Kier molecular flexibility index (Phi) is 2.81. The summed E-state index contributed by atoms with van der Waals surface area (Å²) >= 11 is 0. The van der Waals surface area contributed by atoms with E-state index in [9.17, 15) is 10.1 Å². The van der Waals surface area contributed by atoms with Crippen molar-refractivity contribution in [1.29, 1.82) is 0 Å². The van der Waals surface area contributed by atoms with Crippen LogP contribution in [-0.2, 0) is 7.05 Å². The number of rotatable bonds is 2. The third-order valence-electron chi connectivity index (χ3n) is 3.76. The van der Waals surface area contributed by atoms with Gasteiger partial charge in [-0.05, 0) is 26.2 Å². The minimum absolute atomic E-state index is 0.147. The van der Waals surface area contributed by atoms with Crippen LogP contribution in [-0.4, -0.2) is 27.3 Å². The van der Waals surface area contributed by atoms with E-state index in [0.717, 1.165) is 13.0 Å². The van der Waals surface area contributed by atoms with Crippen LogP contribution < -0.4 is 4.90 Å². The summed E-state index contributed by atoms with van der Waals surface area (Å²) in [7, 11) is 1.77. The maximum Gasteiger partial charge on any atom is 0.333 e. The molecule has 2 heterocycles. The predicted molar refractivity (Wildman–Crippen MR) is 65.2 cm³/mol. The fourth-order valence-electron chi connectivity index (χ4n) is 2.56. The Morgan fingerprint density at radius 1 is 1.47 bits per heavy atom. The zero-order valence-corrected chi connectivity index (χ0v) is 10.7.